The molecule has 44 heavy (non-hydrogen) atoms. The molecule has 0 radical (unpaired) electrons. The van der Waals surface area contributed by atoms with Crippen LogP contribution in [0.3, 0.4) is 0 Å². The summed E-state index contributed by atoms with van der Waals surface area (Å²) in [5.74, 6) is 0.380. The highest BCUT2D eigenvalue weighted by atomic mass is 16.2. The lowest BCUT2D eigenvalue weighted by Crippen LogP contribution is -2.28. The second kappa shape index (κ2) is 10.7. The number of pyridine rings is 1. The molecule has 1 fully saturated rings. The zero-order chi connectivity index (χ0) is 30.7. The van der Waals surface area contributed by atoms with Gasteiger partial charge in [0.1, 0.15) is 0 Å². The van der Waals surface area contributed by atoms with E-state index in [-0.39, 0.29) is 11.8 Å². The van der Waals surface area contributed by atoms with Gasteiger partial charge < -0.3 is 4.90 Å². The number of hydrogen-bond donors (Lipinski definition) is 0. The number of hydrogen-bond acceptors (Lipinski definition) is 5. The molecule has 0 spiro atoms. The minimum Gasteiger partial charge on any atom is -0.339 e. The summed E-state index contributed by atoms with van der Waals surface area (Å²) in [7, 11) is 3.82. The third kappa shape index (κ3) is 4.96. The van der Waals surface area contributed by atoms with Crippen LogP contribution >= 0.6 is 0 Å². The number of aromatic nitrogens is 7. The first-order chi connectivity index (χ1) is 21.2. The molecular formula is C35H38N8O. The maximum atomic E-state index is 12.7. The molecule has 224 valence electrons. The summed E-state index contributed by atoms with van der Waals surface area (Å²) in [6.07, 6.45) is 7.18. The van der Waals surface area contributed by atoms with E-state index in [1.807, 2.05) is 53.6 Å². The van der Waals surface area contributed by atoms with Gasteiger partial charge in [-0.05, 0) is 68.9 Å². The van der Waals surface area contributed by atoms with Crippen LogP contribution in [0, 0.1) is 13.8 Å². The Hall–Kier alpha value is -4.79. The molecule has 0 N–H and O–H groups in total. The Bertz CT molecular complexity index is 2020. The number of benzene rings is 2. The highest BCUT2D eigenvalue weighted by molar-refractivity contribution is 5.95. The Morgan fingerprint density at radius 2 is 1.80 bits per heavy atom. The highest BCUT2D eigenvalue weighted by Gasteiger charge is 2.30. The van der Waals surface area contributed by atoms with Crippen molar-refractivity contribution >= 4 is 27.8 Å². The van der Waals surface area contributed by atoms with Crippen molar-refractivity contribution in [3.63, 3.8) is 0 Å². The maximum absolute atomic E-state index is 12.7. The minimum atomic E-state index is 0.104. The average Bonchev–Trinajstić information content (AvgIpc) is 3.53. The van der Waals surface area contributed by atoms with Gasteiger partial charge in [-0.25, -0.2) is 9.67 Å². The molecule has 2 aromatic carbocycles. The molecule has 4 heterocycles. The van der Waals surface area contributed by atoms with Gasteiger partial charge in [0.25, 0.3) is 5.91 Å². The van der Waals surface area contributed by atoms with Gasteiger partial charge in [0.05, 0.1) is 22.6 Å². The molecular weight excluding hydrogens is 548 g/mol. The van der Waals surface area contributed by atoms with E-state index in [4.69, 9.17) is 15.2 Å². The first kappa shape index (κ1) is 28.0. The molecule has 1 saturated carbocycles. The quantitative estimate of drug-likeness (QED) is 0.206. The van der Waals surface area contributed by atoms with Crippen LogP contribution < -0.4 is 0 Å². The fourth-order valence-corrected chi connectivity index (χ4v) is 6.31. The summed E-state index contributed by atoms with van der Waals surface area (Å²) in [6, 6.07) is 16.8. The minimum absolute atomic E-state index is 0.104. The largest absolute Gasteiger partial charge is 0.339 e. The van der Waals surface area contributed by atoms with Crippen molar-refractivity contribution in [2.75, 3.05) is 7.05 Å². The third-order valence-corrected chi connectivity index (χ3v) is 8.84. The van der Waals surface area contributed by atoms with Crippen LogP contribution in [0.15, 0.2) is 60.9 Å². The van der Waals surface area contributed by atoms with Crippen LogP contribution in [0.25, 0.3) is 38.9 Å². The Morgan fingerprint density at radius 3 is 2.52 bits per heavy atom. The Balaban J connectivity index is 1.19. The number of carbonyl (C=O) groups is 1. The summed E-state index contributed by atoms with van der Waals surface area (Å²) in [4.78, 5) is 19.3. The van der Waals surface area contributed by atoms with Gasteiger partial charge in [-0.3, -0.25) is 14.2 Å². The fraction of sp³-hybridized carbons (Fsp3) is 0.343. The number of carbonyl (C=O) groups excluding carboxylic acids is 1. The first-order valence-corrected chi connectivity index (χ1v) is 15.4. The number of rotatable bonds is 8. The van der Waals surface area contributed by atoms with Crippen LogP contribution in [0.4, 0.5) is 0 Å². The molecule has 4 aromatic heterocycles. The normalized spacial score (nSPS) is 13.4. The van der Waals surface area contributed by atoms with E-state index in [0.29, 0.717) is 6.04 Å². The van der Waals surface area contributed by atoms with Gasteiger partial charge in [0.15, 0.2) is 5.65 Å². The Morgan fingerprint density at radius 1 is 1.02 bits per heavy atom. The summed E-state index contributed by atoms with van der Waals surface area (Å²) < 4.78 is 5.86. The average molecular weight is 587 g/mol. The van der Waals surface area contributed by atoms with Crippen molar-refractivity contribution in [1.29, 1.82) is 0 Å². The lowest BCUT2D eigenvalue weighted by Gasteiger charge is -2.16. The van der Waals surface area contributed by atoms with E-state index in [2.05, 4.69) is 68.5 Å². The smallest absolute Gasteiger partial charge is 0.253 e. The fourth-order valence-electron chi connectivity index (χ4n) is 6.31. The number of amides is 1. The van der Waals surface area contributed by atoms with Gasteiger partial charge in [-0.1, -0.05) is 38.1 Å². The molecule has 0 unspecified atom stereocenters. The molecule has 0 aliphatic heterocycles. The van der Waals surface area contributed by atoms with Crippen LogP contribution in [0.1, 0.15) is 65.5 Å². The van der Waals surface area contributed by atoms with E-state index in [1.54, 1.807) is 4.68 Å². The van der Waals surface area contributed by atoms with Crippen molar-refractivity contribution in [3.05, 3.63) is 89.0 Å². The van der Waals surface area contributed by atoms with Gasteiger partial charge in [-0.2, -0.15) is 15.3 Å². The van der Waals surface area contributed by atoms with Crippen LogP contribution in [0.5, 0.6) is 0 Å². The molecule has 9 heteroatoms. The Kier molecular flexibility index (Phi) is 6.83. The molecule has 6 aromatic rings. The number of nitrogens with zero attached hydrogens (tertiary/aromatic N) is 8. The number of aryl methyl sites for hydroxylation is 4. The molecule has 9 nitrogen and oxygen atoms in total. The van der Waals surface area contributed by atoms with Gasteiger partial charge in [-0.15, -0.1) is 0 Å². The lowest BCUT2D eigenvalue weighted by atomic mass is 9.95. The van der Waals surface area contributed by atoms with E-state index < -0.39 is 0 Å². The predicted octanol–water partition coefficient (Wildman–Crippen LogP) is 6.39. The van der Waals surface area contributed by atoms with E-state index >= 15 is 0 Å². The van der Waals surface area contributed by atoms with Crippen LogP contribution in [-0.4, -0.2) is 58.2 Å². The predicted molar refractivity (Wildman–Crippen MR) is 173 cm³/mol. The third-order valence-electron chi connectivity index (χ3n) is 8.84. The monoisotopic (exact) mass is 586 g/mol. The summed E-state index contributed by atoms with van der Waals surface area (Å²) in [6.45, 7) is 9.34. The molecule has 0 saturated heterocycles. The second-order valence-electron chi connectivity index (χ2n) is 12.4. The highest BCUT2D eigenvalue weighted by Crippen LogP contribution is 2.37. The van der Waals surface area contributed by atoms with Crippen molar-refractivity contribution in [2.24, 2.45) is 7.05 Å². The van der Waals surface area contributed by atoms with Gasteiger partial charge >= 0.3 is 0 Å². The zero-order valence-electron chi connectivity index (χ0n) is 26.2. The molecule has 7 rings (SSSR count). The second-order valence-corrected chi connectivity index (χ2v) is 12.4. The summed E-state index contributed by atoms with van der Waals surface area (Å²) in [5.41, 5.74) is 9.86. The van der Waals surface area contributed by atoms with Crippen LogP contribution in [-0.2, 0) is 20.0 Å². The van der Waals surface area contributed by atoms with Gasteiger partial charge in [0.2, 0.25) is 0 Å². The standard InChI is InChI=1S/C35H38N8O/c1-21(2)32-23(4)43(31-18-26-19-40(5)39-34(26)36-22(31)3)38-33(32)28-8-7-9-30-29(28)20-42(37-30)17-16-24-10-12-25(13-11-24)35(44)41(6)27-14-15-27/h7-13,18-21,27H,14-17H2,1-6H3. The SMILES string of the molecule is Cc1nc2nn(C)cc2cc1-n1nc(-c2cccc3nn(CCc4ccc(C(=O)N(C)C5CC5)cc4)cc23)c(C(C)C)c1C. The lowest BCUT2D eigenvalue weighted by molar-refractivity contribution is 0.0785. The first-order valence-electron chi connectivity index (χ1n) is 15.4. The van der Waals surface area contributed by atoms with Crippen molar-refractivity contribution < 1.29 is 4.79 Å². The zero-order valence-corrected chi connectivity index (χ0v) is 26.2. The topological polar surface area (TPSA) is 86.7 Å². The van der Waals surface area contributed by atoms with E-state index in [9.17, 15) is 4.79 Å². The van der Waals surface area contributed by atoms with Crippen molar-refractivity contribution in [3.8, 4) is 16.9 Å². The summed E-state index contributed by atoms with van der Waals surface area (Å²) in [5, 5.41) is 16.7. The summed E-state index contributed by atoms with van der Waals surface area (Å²) >= 11 is 0. The van der Waals surface area contributed by atoms with Crippen molar-refractivity contribution in [2.45, 2.75) is 65.5 Å². The molecule has 0 atom stereocenters. The number of fused-ring (bicyclic) bond motifs is 2. The van der Waals surface area contributed by atoms with Gasteiger partial charge in [0, 0.05) is 72.2 Å². The Labute approximate surface area is 257 Å². The maximum Gasteiger partial charge on any atom is 0.253 e. The molecule has 0 bridgehead atoms. The molecule has 1 aliphatic rings. The van der Waals surface area contributed by atoms with Crippen LogP contribution in [0.2, 0.25) is 0 Å². The van der Waals surface area contributed by atoms with E-state index in [0.717, 1.165) is 81.6 Å². The van der Waals surface area contributed by atoms with E-state index in [1.165, 1.54) is 11.1 Å². The van der Waals surface area contributed by atoms with Crippen molar-refractivity contribution in [1.82, 2.24) is 39.2 Å². The molecule has 1 amide bonds. The molecule has 1 aliphatic carbocycles.